The largest absolute Gasteiger partial charge is 0.479 e. The van der Waals surface area contributed by atoms with Gasteiger partial charge >= 0.3 is 5.97 Å². The SMILES string of the molecule is C[C@H](OCC(=O)Nc1ccc([N+](=O)[O-])cc1)C(=O)O. The zero-order valence-corrected chi connectivity index (χ0v) is 10.0. The van der Waals surface area contributed by atoms with E-state index >= 15 is 0 Å². The van der Waals surface area contributed by atoms with E-state index in [1.54, 1.807) is 0 Å². The van der Waals surface area contributed by atoms with Crippen molar-refractivity contribution in [3.05, 3.63) is 34.4 Å². The van der Waals surface area contributed by atoms with Gasteiger partial charge < -0.3 is 15.2 Å². The van der Waals surface area contributed by atoms with Crippen LogP contribution in [0.5, 0.6) is 0 Å². The predicted molar refractivity (Wildman–Crippen MR) is 64.8 cm³/mol. The van der Waals surface area contributed by atoms with Gasteiger partial charge in [-0.25, -0.2) is 4.79 Å². The first-order valence-electron chi connectivity index (χ1n) is 5.29. The molecule has 0 aliphatic heterocycles. The number of hydrogen-bond donors (Lipinski definition) is 2. The van der Waals surface area contributed by atoms with E-state index in [1.165, 1.54) is 31.2 Å². The highest BCUT2D eigenvalue weighted by molar-refractivity contribution is 5.91. The lowest BCUT2D eigenvalue weighted by atomic mass is 10.3. The normalized spacial score (nSPS) is 11.6. The maximum atomic E-state index is 11.4. The van der Waals surface area contributed by atoms with Crippen LogP contribution in [0, 0.1) is 10.1 Å². The molecule has 0 spiro atoms. The predicted octanol–water partition coefficient (Wildman–Crippen LogP) is 1.02. The number of benzene rings is 1. The number of aliphatic carboxylic acids is 1. The number of nitro benzene ring substituents is 1. The molecule has 0 saturated carbocycles. The molecule has 0 radical (unpaired) electrons. The summed E-state index contributed by atoms with van der Waals surface area (Å²) in [5.41, 5.74) is 0.274. The molecule has 0 unspecified atom stereocenters. The third-order valence-corrected chi connectivity index (χ3v) is 2.17. The molecule has 1 rings (SSSR count). The highest BCUT2D eigenvalue weighted by Gasteiger charge is 2.13. The standard InChI is InChI=1S/C11H12N2O6/c1-7(11(15)16)19-6-10(14)12-8-2-4-9(5-3-8)13(17)18/h2-5,7H,6H2,1H3,(H,12,14)(H,15,16)/t7-/m0/s1. The summed E-state index contributed by atoms with van der Waals surface area (Å²) in [4.78, 5) is 31.7. The Morgan fingerprint density at radius 3 is 2.47 bits per heavy atom. The van der Waals surface area contributed by atoms with Gasteiger partial charge in [-0.2, -0.15) is 0 Å². The first-order valence-corrected chi connectivity index (χ1v) is 5.29. The summed E-state index contributed by atoms with van der Waals surface area (Å²) in [6, 6.07) is 5.24. The number of nitrogens with zero attached hydrogens (tertiary/aromatic N) is 1. The molecule has 2 N–H and O–H groups in total. The molecular weight excluding hydrogens is 256 g/mol. The quantitative estimate of drug-likeness (QED) is 0.587. The van der Waals surface area contributed by atoms with Gasteiger partial charge in [0.1, 0.15) is 6.61 Å². The molecule has 0 bridgehead atoms. The van der Waals surface area contributed by atoms with Crippen molar-refractivity contribution >= 4 is 23.3 Å². The minimum Gasteiger partial charge on any atom is -0.479 e. The second-order valence-corrected chi connectivity index (χ2v) is 3.64. The van der Waals surface area contributed by atoms with Gasteiger partial charge in [-0.05, 0) is 19.1 Å². The number of carbonyl (C=O) groups is 2. The number of anilines is 1. The molecule has 0 saturated heterocycles. The van der Waals surface area contributed by atoms with Gasteiger partial charge in [0.05, 0.1) is 4.92 Å². The van der Waals surface area contributed by atoms with Gasteiger partial charge in [0, 0.05) is 17.8 Å². The van der Waals surface area contributed by atoms with Gasteiger partial charge in [0.25, 0.3) is 5.69 Å². The molecule has 1 amide bonds. The number of ether oxygens (including phenoxy) is 1. The first kappa shape index (κ1) is 14.6. The minimum absolute atomic E-state index is 0.0891. The number of nitrogens with one attached hydrogen (secondary N) is 1. The van der Waals surface area contributed by atoms with Gasteiger partial charge in [-0.3, -0.25) is 14.9 Å². The topological polar surface area (TPSA) is 119 Å². The lowest BCUT2D eigenvalue weighted by molar-refractivity contribution is -0.384. The smallest absolute Gasteiger partial charge is 0.332 e. The molecule has 1 aromatic carbocycles. The second kappa shape index (κ2) is 6.45. The Bertz CT molecular complexity index is 484. The van der Waals surface area contributed by atoms with E-state index in [0.717, 1.165) is 0 Å². The average Bonchev–Trinajstić information content (AvgIpc) is 2.36. The molecule has 102 valence electrons. The fourth-order valence-electron chi connectivity index (χ4n) is 1.14. The Morgan fingerprint density at radius 1 is 1.42 bits per heavy atom. The molecule has 1 aromatic rings. The monoisotopic (exact) mass is 268 g/mol. The fourth-order valence-corrected chi connectivity index (χ4v) is 1.14. The van der Waals surface area contributed by atoms with Crippen LogP contribution in [0.3, 0.4) is 0 Å². The van der Waals surface area contributed by atoms with Crippen molar-refractivity contribution in [3.63, 3.8) is 0 Å². The van der Waals surface area contributed by atoms with Crippen molar-refractivity contribution in [2.45, 2.75) is 13.0 Å². The molecule has 0 aliphatic carbocycles. The van der Waals surface area contributed by atoms with Gasteiger partial charge in [-0.15, -0.1) is 0 Å². The lowest BCUT2D eigenvalue weighted by Gasteiger charge is -2.08. The molecule has 8 heteroatoms. The Kier molecular flexibility index (Phi) is 4.95. The highest BCUT2D eigenvalue weighted by Crippen LogP contribution is 2.15. The minimum atomic E-state index is -1.16. The number of non-ortho nitro benzene ring substituents is 1. The molecule has 19 heavy (non-hydrogen) atoms. The van der Waals surface area contributed by atoms with Crippen molar-refractivity contribution in [1.82, 2.24) is 0 Å². The summed E-state index contributed by atoms with van der Waals surface area (Å²) in [5, 5.41) is 21.4. The van der Waals surface area contributed by atoms with Crippen molar-refractivity contribution in [2.75, 3.05) is 11.9 Å². The maximum Gasteiger partial charge on any atom is 0.332 e. The van der Waals surface area contributed by atoms with E-state index < -0.39 is 29.5 Å². The van der Waals surface area contributed by atoms with Crippen LogP contribution in [0.4, 0.5) is 11.4 Å². The van der Waals surface area contributed by atoms with E-state index in [4.69, 9.17) is 9.84 Å². The summed E-state index contributed by atoms with van der Waals surface area (Å²) in [5.74, 6) is -1.70. The number of rotatable bonds is 6. The third kappa shape index (κ3) is 4.72. The zero-order valence-electron chi connectivity index (χ0n) is 10.0. The van der Waals surface area contributed by atoms with E-state index in [1.807, 2.05) is 0 Å². The zero-order chi connectivity index (χ0) is 14.4. The summed E-state index contributed by atoms with van der Waals surface area (Å²) >= 11 is 0. The number of amides is 1. The second-order valence-electron chi connectivity index (χ2n) is 3.64. The van der Waals surface area contributed by atoms with E-state index in [-0.39, 0.29) is 5.69 Å². The highest BCUT2D eigenvalue weighted by atomic mass is 16.6. The van der Waals surface area contributed by atoms with Crippen LogP contribution in [0.15, 0.2) is 24.3 Å². The van der Waals surface area contributed by atoms with Crippen molar-refractivity contribution in [1.29, 1.82) is 0 Å². The van der Waals surface area contributed by atoms with E-state index in [2.05, 4.69) is 5.32 Å². The van der Waals surface area contributed by atoms with Gasteiger partial charge in [0.15, 0.2) is 6.10 Å². The van der Waals surface area contributed by atoms with Crippen molar-refractivity contribution < 1.29 is 24.4 Å². The van der Waals surface area contributed by atoms with Crippen LogP contribution in [-0.2, 0) is 14.3 Å². The van der Waals surface area contributed by atoms with Crippen LogP contribution in [0.25, 0.3) is 0 Å². The molecule has 0 aromatic heterocycles. The van der Waals surface area contributed by atoms with Crippen molar-refractivity contribution in [2.24, 2.45) is 0 Å². The number of carboxylic acids is 1. The van der Waals surface area contributed by atoms with Crippen molar-refractivity contribution in [3.8, 4) is 0 Å². The van der Waals surface area contributed by atoms with Crippen LogP contribution < -0.4 is 5.32 Å². The molecule has 0 aliphatic rings. The van der Waals surface area contributed by atoms with E-state index in [9.17, 15) is 19.7 Å². The fraction of sp³-hybridized carbons (Fsp3) is 0.273. The molecular formula is C11H12N2O6. The van der Waals surface area contributed by atoms with Crippen LogP contribution in [-0.4, -0.2) is 34.6 Å². The molecule has 8 nitrogen and oxygen atoms in total. The van der Waals surface area contributed by atoms with Crippen LogP contribution in [0.1, 0.15) is 6.92 Å². The number of carbonyl (C=O) groups excluding carboxylic acids is 1. The van der Waals surface area contributed by atoms with Gasteiger partial charge in [-0.1, -0.05) is 0 Å². The third-order valence-electron chi connectivity index (χ3n) is 2.17. The van der Waals surface area contributed by atoms with Crippen LogP contribution >= 0.6 is 0 Å². The number of nitro groups is 1. The first-order chi connectivity index (χ1) is 8.90. The molecule has 0 fully saturated rings. The van der Waals surface area contributed by atoms with Crippen LogP contribution in [0.2, 0.25) is 0 Å². The molecule has 0 heterocycles. The summed E-state index contributed by atoms with van der Waals surface area (Å²) < 4.78 is 4.78. The Morgan fingerprint density at radius 2 is 2.00 bits per heavy atom. The summed E-state index contributed by atoms with van der Waals surface area (Å²) in [6.45, 7) is 0.895. The summed E-state index contributed by atoms with van der Waals surface area (Å²) in [7, 11) is 0. The Labute approximate surface area is 108 Å². The lowest BCUT2D eigenvalue weighted by Crippen LogP contribution is -2.26. The van der Waals surface area contributed by atoms with Gasteiger partial charge in [0.2, 0.25) is 5.91 Å². The maximum absolute atomic E-state index is 11.4. The Balaban J connectivity index is 2.48. The number of carboxylic acid groups (broad SMARTS) is 1. The molecule has 1 atom stereocenters. The van der Waals surface area contributed by atoms with E-state index in [0.29, 0.717) is 5.69 Å². The number of hydrogen-bond acceptors (Lipinski definition) is 5. The summed E-state index contributed by atoms with van der Waals surface area (Å²) in [6.07, 6.45) is -1.08. The average molecular weight is 268 g/mol. The Hall–Kier alpha value is -2.48.